The molecule has 2 aromatic rings. The van der Waals surface area contributed by atoms with Crippen LogP contribution in [0.3, 0.4) is 0 Å². The van der Waals surface area contributed by atoms with E-state index in [2.05, 4.69) is 17.1 Å². The molecule has 0 radical (unpaired) electrons. The van der Waals surface area contributed by atoms with Crippen molar-refractivity contribution in [3.8, 4) is 11.5 Å². The van der Waals surface area contributed by atoms with Gasteiger partial charge >= 0.3 is 0 Å². The van der Waals surface area contributed by atoms with E-state index in [1.165, 1.54) is 0 Å². The highest BCUT2D eigenvalue weighted by Crippen LogP contribution is 2.22. The van der Waals surface area contributed by atoms with E-state index in [0.29, 0.717) is 11.7 Å². The predicted octanol–water partition coefficient (Wildman–Crippen LogP) is 2.60. The first-order valence-electron chi connectivity index (χ1n) is 4.93. The van der Waals surface area contributed by atoms with Crippen LogP contribution < -0.4 is 5.73 Å². The second kappa shape index (κ2) is 4.55. The molecule has 0 saturated heterocycles. The number of nitrogens with zero attached hydrogens (tertiary/aromatic N) is 2. The number of hydrogen-bond donors (Lipinski definition) is 1. The van der Waals surface area contributed by atoms with Crippen molar-refractivity contribution in [3.63, 3.8) is 0 Å². The van der Waals surface area contributed by atoms with Crippen molar-refractivity contribution >= 4 is 11.3 Å². The first-order chi connectivity index (χ1) is 7.31. The molecular weight excluding hydrogens is 210 g/mol. The zero-order chi connectivity index (χ0) is 10.7. The summed E-state index contributed by atoms with van der Waals surface area (Å²) in [5.74, 6) is 1.15. The predicted molar refractivity (Wildman–Crippen MR) is 59.4 cm³/mol. The molecule has 1 atom stereocenters. The van der Waals surface area contributed by atoms with E-state index < -0.39 is 0 Å². The lowest BCUT2D eigenvalue weighted by molar-refractivity contribution is 0.413. The van der Waals surface area contributed by atoms with Crippen molar-refractivity contribution in [1.82, 2.24) is 10.1 Å². The van der Waals surface area contributed by atoms with Gasteiger partial charge in [-0.2, -0.15) is 16.3 Å². The summed E-state index contributed by atoms with van der Waals surface area (Å²) >= 11 is 1.60. The molecule has 0 bridgehead atoms. The van der Waals surface area contributed by atoms with E-state index in [4.69, 9.17) is 10.3 Å². The summed E-state index contributed by atoms with van der Waals surface area (Å²) < 4.78 is 5.14. The average Bonchev–Trinajstić information content (AvgIpc) is 2.89. The van der Waals surface area contributed by atoms with Gasteiger partial charge in [0.1, 0.15) is 0 Å². The lowest BCUT2D eigenvalue weighted by Crippen LogP contribution is -2.11. The summed E-state index contributed by atoms with van der Waals surface area (Å²) in [4.78, 5) is 4.28. The Morgan fingerprint density at radius 3 is 3.13 bits per heavy atom. The largest absolute Gasteiger partial charge is 0.334 e. The Morgan fingerprint density at radius 2 is 2.47 bits per heavy atom. The summed E-state index contributed by atoms with van der Waals surface area (Å²) in [6, 6.07) is 1.83. The highest BCUT2D eigenvalue weighted by Gasteiger charge is 2.14. The maximum Gasteiger partial charge on any atom is 0.258 e. The van der Waals surface area contributed by atoms with Crippen molar-refractivity contribution in [1.29, 1.82) is 0 Å². The molecular formula is C10H13N3OS. The van der Waals surface area contributed by atoms with Gasteiger partial charge in [0.05, 0.1) is 11.6 Å². The standard InChI is InChI=1S/C10H13N3OS/c1-2-3-8(11)9-12-10(14-13-9)7-4-5-15-6-7/h4-6,8H,2-3,11H2,1H3. The molecule has 2 heterocycles. The fourth-order valence-electron chi connectivity index (χ4n) is 1.33. The lowest BCUT2D eigenvalue weighted by Gasteiger charge is -2.02. The first-order valence-corrected chi connectivity index (χ1v) is 5.87. The van der Waals surface area contributed by atoms with E-state index >= 15 is 0 Å². The van der Waals surface area contributed by atoms with Gasteiger partial charge in [0, 0.05) is 5.38 Å². The van der Waals surface area contributed by atoms with Crippen molar-refractivity contribution in [2.45, 2.75) is 25.8 Å². The minimum Gasteiger partial charge on any atom is -0.334 e. The third-order valence-electron chi connectivity index (χ3n) is 2.14. The molecule has 4 nitrogen and oxygen atoms in total. The van der Waals surface area contributed by atoms with Crippen molar-refractivity contribution in [2.75, 3.05) is 0 Å². The van der Waals surface area contributed by atoms with E-state index in [1.54, 1.807) is 11.3 Å². The monoisotopic (exact) mass is 223 g/mol. The number of aromatic nitrogens is 2. The Balaban J connectivity index is 2.17. The molecule has 5 heteroatoms. The molecule has 0 amide bonds. The van der Waals surface area contributed by atoms with Gasteiger partial charge in [-0.15, -0.1) is 0 Å². The average molecular weight is 223 g/mol. The van der Waals surface area contributed by atoms with Gasteiger partial charge in [-0.3, -0.25) is 0 Å². The van der Waals surface area contributed by atoms with Crippen LogP contribution in [0.4, 0.5) is 0 Å². The SMILES string of the molecule is CCCC(N)c1noc(-c2ccsc2)n1. The van der Waals surface area contributed by atoms with Crippen LogP contribution in [0.15, 0.2) is 21.3 Å². The van der Waals surface area contributed by atoms with Crippen LogP contribution in [0.5, 0.6) is 0 Å². The Hall–Kier alpha value is -1.20. The molecule has 0 aliphatic rings. The Bertz CT molecular complexity index is 410. The second-order valence-electron chi connectivity index (χ2n) is 3.36. The third-order valence-corrected chi connectivity index (χ3v) is 2.82. The molecule has 15 heavy (non-hydrogen) atoms. The first kappa shape index (κ1) is 10.3. The molecule has 2 rings (SSSR count). The highest BCUT2D eigenvalue weighted by atomic mass is 32.1. The van der Waals surface area contributed by atoms with Crippen LogP contribution in [0, 0.1) is 0 Å². The molecule has 0 aliphatic heterocycles. The molecule has 2 aromatic heterocycles. The van der Waals surface area contributed by atoms with Gasteiger partial charge in [-0.25, -0.2) is 0 Å². The fraction of sp³-hybridized carbons (Fsp3) is 0.400. The van der Waals surface area contributed by atoms with Crippen LogP contribution in [0.1, 0.15) is 31.6 Å². The highest BCUT2D eigenvalue weighted by molar-refractivity contribution is 7.08. The van der Waals surface area contributed by atoms with E-state index in [-0.39, 0.29) is 6.04 Å². The van der Waals surface area contributed by atoms with Crippen LogP contribution in [-0.4, -0.2) is 10.1 Å². The summed E-state index contributed by atoms with van der Waals surface area (Å²) in [7, 11) is 0. The van der Waals surface area contributed by atoms with Gasteiger partial charge in [-0.1, -0.05) is 18.5 Å². The fourth-order valence-corrected chi connectivity index (χ4v) is 1.96. The van der Waals surface area contributed by atoms with Crippen molar-refractivity contribution < 1.29 is 4.52 Å². The van der Waals surface area contributed by atoms with Crippen molar-refractivity contribution in [3.05, 3.63) is 22.7 Å². The van der Waals surface area contributed by atoms with Crippen LogP contribution in [0.25, 0.3) is 11.5 Å². The zero-order valence-corrected chi connectivity index (χ0v) is 9.33. The topological polar surface area (TPSA) is 64.9 Å². The van der Waals surface area contributed by atoms with E-state index in [1.807, 2.05) is 16.8 Å². The molecule has 0 fully saturated rings. The molecule has 0 saturated carbocycles. The summed E-state index contributed by atoms with van der Waals surface area (Å²) in [5.41, 5.74) is 6.85. The van der Waals surface area contributed by atoms with E-state index in [9.17, 15) is 0 Å². The Morgan fingerprint density at radius 1 is 1.60 bits per heavy atom. The summed E-state index contributed by atoms with van der Waals surface area (Å²) in [5, 5.41) is 7.84. The zero-order valence-electron chi connectivity index (χ0n) is 8.51. The molecule has 80 valence electrons. The maximum absolute atomic E-state index is 5.89. The van der Waals surface area contributed by atoms with Gasteiger partial charge in [0.2, 0.25) is 0 Å². The molecule has 1 unspecified atom stereocenters. The molecule has 0 aliphatic carbocycles. The Kier molecular flexibility index (Phi) is 3.13. The quantitative estimate of drug-likeness (QED) is 0.865. The number of thiophene rings is 1. The lowest BCUT2D eigenvalue weighted by atomic mass is 10.2. The second-order valence-corrected chi connectivity index (χ2v) is 4.14. The van der Waals surface area contributed by atoms with Gasteiger partial charge in [0.25, 0.3) is 5.89 Å². The van der Waals surface area contributed by atoms with Gasteiger partial charge < -0.3 is 10.3 Å². The number of hydrogen-bond acceptors (Lipinski definition) is 5. The maximum atomic E-state index is 5.89. The molecule has 0 aromatic carbocycles. The number of rotatable bonds is 4. The summed E-state index contributed by atoms with van der Waals surface area (Å²) in [6.07, 6.45) is 1.89. The minimum atomic E-state index is -0.119. The minimum absolute atomic E-state index is 0.119. The van der Waals surface area contributed by atoms with Gasteiger partial charge in [0.15, 0.2) is 5.82 Å². The van der Waals surface area contributed by atoms with Gasteiger partial charge in [-0.05, 0) is 17.9 Å². The van der Waals surface area contributed by atoms with E-state index in [0.717, 1.165) is 18.4 Å². The number of nitrogens with two attached hydrogens (primary N) is 1. The Labute approximate surface area is 92.1 Å². The van der Waals surface area contributed by atoms with Crippen molar-refractivity contribution in [2.24, 2.45) is 5.73 Å². The third kappa shape index (κ3) is 2.24. The summed E-state index contributed by atoms with van der Waals surface area (Å²) in [6.45, 7) is 2.08. The van der Waals surface area contributed by atoms with Crippen LogP contribution >= 0.6 is 11.3 Å². The smallest absolute Gasteiger partial charge is 0.258 e. The van der Waals surface area contributed by atoms with Crippen LogP contribution in [0.2, 0.25) is 0 Å². The molecule has 2 N–H and O–H groups in total. The molecule has 0 spiro atoms. The normalized spacial score (nSPS) is 12.9. The van der Waals surface area contributed by atoms with Crippen LogP contribution in [-0.2, 0) is 0 Å².